The Morgan fingerprint density at radius 1 is 1.08 bits per heavy atom. The average Bonchev–Trinajstić information content (AvgIpc) is 2.62. The van der Waals surface area contributed by atoms with E-state index in [2.05, 4.69) is 14.6 Å². The van der Waals surface area contributed by atoms with Gasteiger partial charge in [-0.1, -0.05) is 23.7 Å². The van der Waals surface area contributed by atoms with E-state index in [1.165, 1.54) is 12.1 Å². The fraction of sp³-hybridized carbons (Fsp3) is 0.250. The molecule has 0 spiro atoms. The number of nitrogens with one attached hydrogen (secondary N) is 1. The summed E-state index contributed by atoms with van der Waals surface area (Å²) in [6.07, 6.45) is 2.46. The second-order valence-electron chi connectivity index (χ2n) is 5.57. The molecule has 7 nitrogen and oxygen atoms in total. The van der Waals surface area contributed by atoms with E-state index in [1.807, 2.05) is 0 Å². The lowest BCUT2D eigenvalue weighted by Gasteiger charge is -2.33. The number of aromatic nitrogens is 1. The monoisotopic (exact) mass is 380 g/mol. The van der Waals surface area contributed by atoms with Gasteiger partial charge in [-0.2, -0.15) is 0 Å². The first-order chi connectivity index (χ1) is 12.0. The van der Waals surface area contributed by atoms with Crippen molar-refractivity contribution in [1.29, 1.82) is 0 Å². The van der Waals surface area contributed by atoms with Crippen molar-refractivity contribution in [2.45, 2.75) is 4.90 Å². The van der Waals surface area contributed by atoms with Gasteiger partial charge in [0.05, 0.1) is 16.9 Å². The SMILES string of the molecule is O=CN1CCN(c2ccc(NS(=O)(=O)c3ccccc3Cl)nc2)CC1. The van der Waals surface area contributed by atoms with E-state index < -0.39 is 10.0 Å². The van der Waals surface area contributed by atoms with Gasteiger partial charge in [-0.05, 0) is 24.3 Å². The Bertz CT molecular complexity index is 850. The van der Waals surface area contributed by atoms with E-state index in [1.54, 1.807) is 35.4 Å². The van der Waals surface area contributed by atoms with Crippen LogP contribution in [0.5, 0.6) is 0 Å². The van der Waals surface area contributed by atoms with Crippen LogP contribution in [0.15, 0.2) is 47.5 Å². The van der Waals surface area contributed by atoms with Gasteiger partial charge in [0.1, 0.15) is 10.7 Å². The number of amides is 1. The van der Waals surface area contributed by atoms with Gasteiger partial charge in [-0.3, -0.25) is 9.52 Å². The number of halogens is 1. The number of carbonyl (C=O) groups is 1. The molecular weight excluding hydrogens is 364 g/mol. The molecule has 1 fully saturated rings. The zero-order valence-electron chi connectivity index (χ0n) is 13.3. The largest absolute Gasteiger partial charge is 0.367 e. The highest BCUT2D eigenvalue weighted by atomic mass is 35.5. The second-order valence-corrected chi connectivity index (χ2v) is 7.62. The molecule has 0 bridgehead atoms. The summed E-state index contributed by atoms with van der Waals surface area (Å²) in [7, 11) is -3.80. The summed E-state index contributed by atoms with van der Waals surface area (Å²) in [6, 6.07) is 9.63. The van der Waals surface area contributed by atoms with Crippen LogP contribution in [0.2, 0.25) is 5.02 Å². The predicted molar refractivity (Wildman–Crippen MR) is 96.3 cm³/mol. The summed E-state index contributed by atoms with van der Waals surface area (Å²) in [5.74, 6) is 0.218. The number of hydrogen-bond donors (Lipinski definition) is 1. The first kappa shape index (κ1) is 17.5. The average molecular weight is 381 g/mol. The molecule has 132 valence electrons. The minimum Gasteiger partial charge on any atom is -0.367 e. The van der Waals surface area contributed by atoms with Crippen molar-refractivity contribution in [3.05, 3.63) is 47.6 Å². The Hall–Kier alpha value is -2.32. The van der Waals surface area contributed by atoms with Crippen LogP contribution in [0.25, 0.3) is 0 Å². The molecule has 1 aromatic carbocycles. The molecule has 1 amide bonds. The normalized spacial score (nSPS) is 15.1. The fourth-order valence-corrected chi connectivity index (χ4v) is 4.10. The molecule has 1 aromatic heterocycles. The van der Waals surface area contributed by atoms with Crippen molar-refractivity contribution in [2.24, 2.45) is 0 Å². The second kappa shape index (κ2) is 7.28. The number of carbonyl (C=O) groups excluding carboxylic acids is 1. The summed E-state index contributed by atoms with van der Waals surface area (Å²) < 4.78 is 27.2. The number of pyridine rings is 1. The van der Waals surface area contributed by atoms with Crippen LogP contribution in [0.3, 0.4) is 0 Å². The zero-order valence-corrected chi connectivity index (χ0v) is 14.9. The van der Waals surface area contributed by atoms with E-state index in [9.17, 15) is 13.2 Å². The fourth-order valence-electron chi connectivity index (χ4n) is 2.57. The van der Waals surface area contributed by atoms with Crippen molar-refractivity contribution in [3.8, 4) is 0 Å². The number of anilines is 2. The third kappa shape index (κ3) is 4.02. The van der Waals surface area contributed by atoms with Crippen molar-refractivity contribution in [2.75, 3.05) is 35.8 Å². The van der Waals surface area contributed by atoms with Crippen LogP contribution in [0.4, 0.5) is 11.5 Å². The van der Waals surface area contributed by atoms with Gasteiger partial charge in [0, 0.05) is 26.2 Å². The van der Waals surface area contributed by atoms with Crippen molar-refractivity contribution < 1.29 is 13.2 Å². The van der Waals surface area contributed by atoms with E-state index in [0.29, 0.717) is 26.2 Å². The highest BCUT2D eigenvalue weighted by Crippen LogP contribution is 2.23. The molecule has 1 saturated heterocycles. The molecule has 2 heterocycles. The standard InChI is InChI=1S/C16H17ClN4O3S/c17-14-3-1-2-4-15(14)25(23,24)19-16-6-5-13(11-18-16)21-9-7-20(12-22)8-10-21/h1-6,11-12H,7-10H2,(H,18,19). The van der Waals surface area contributed by atoms with E-state index in [0.717, 1.165) is 12.1 Å². The molecule has 1 aliphatic rings. The lowest BCUT2D eigenvalue weighted by atomic mass is 10.3. The Balaban J connectivity index is 1.71. The molecule has 0 aliphatic carbocycles. The summed E-state index contributed by atoms with van der Waals surface area (Å²) in [6.45, 7) is 2.74. The first-order valence-corrected chi connectivity index (χ1v) is 9.53. The van der Waals surface area contributed by atoms with Gasteiger partial charge in [0.15, 0.2) is 0 Å². The van der Waals surface area contributed by atoms with Gasteiger partial charge in [-0.15, -0.1) is 0 Å². The van der Waals surface area contributed by atoms with Gasteiger partial charge in [0.25, 0.3) is 10.0 Å². The summed E-state index contributed by atoms with van der Waals surface area (Å²) in [5.41, 5.74) is 0.881. The Labute approximate surface area is 151 Å². The Kier molecular flexibility index (Phi) is 5.10. The Morgan fingerprint density at radius 2 is 1.80 bits per heavy atom. The number of benzene rings is 1. The van der Waals surface area contributed by atoms with Crippen molar-refractivity contribution in [1.82, 2.24) is 9.88 Å². The molecule has 0 radical (unpaired) electrons. The number of nitrogens with zero attached hydrogens (tertiary/aromatic N) is 3. The minimum atomic E-state index is -3.80. The molecule has 1 N–H and O–H groups in total. The zero-order chi connectivity index (χ0) is 17.9. The van der Waals surface area contributed by atoms with Crippen molar-refractivity contribution in [3.63, 3.8) is 0 Å². The first-order valence-electron chi connectivity index (χ1n) is 7.67. The number of sulfonamides is 1. The number of rotatable bonds is 5. The van der Waals surface area contributed by atoms with E-state index in [-0.39, 0.29) is 15.7 Å². The molecule has 0 atom stereocenters. The van der Waals surface area contributed by atoms with Crippen LogP contribution >= 0.6 is 11.6 Å². The summed E-state index contributed by atoms with van der Waals surface area (Å²) in [5, 5.41) is 0.152. The molecule has 1 aliphatic heterocycles. The van der Waals surface area contributed by atoms with Crippen molar-refractivity contribution >= 4 is 39.5 Å². The topological polar surface area (TPSA) is 82.6 Å². The predicted octanol–water partition coefficient (Wildman–Crippen LogP) is 1.81. The molecule has 0 saturated carbocycles. The Morgan fingerprint density at radius 3 is 2.40 bits per heavy atom. The molecule has 0 unspecified atom stereocenters. The minimum absolute atomic E-state index is 0.00697. The van der Waals surface area contributed by atoms with Gasteiger partial charge in [-0.25, -0.2) is 13.4 Å². The molecular formula is C16H17ClN4O3S. The third-order valence-electron chi connectivity index (χ3n) is 3.94. The van der Waals surface area contributed by atoms with Crippen LogP contribution in [0.1, 0.15) is 0 Å². The summed E-state index contributed by atoms with van der Waals surface area (Å²) in [4.78, 5) is 18.7. The number of hydrogen-bond acceptors (Lipinski definition) is 5. The van der Waals surface area contributed by atoms with Crippen LogP contribution in [-0.4, -0.2) is 50.9 Å². The highest BCUT2D eigenvalue weighted by molar-refractivity contribution is 7.92. The quantitative estimate of drug-likeness (QED) is 0.800. The highest BCUT2D eigenvalue weighted by Gasteiger charge is 2.19. The number of piperazine rings is 1. The van der Waals surface area contributed by atoms with Gasteiger partial charge < -0.3 is 9.80 Å². The van der Waals surface area contributed by atoms with Gasteiger partial charge in [0.2, 0.25) is 6.41 Å². The molecule has 2 aromatic rings. The molecule has 3 rings (SSSR count). The van der Waals surface area contributed by atoms with E-state index in [4.69, 9.17) is 11.6 Å². The van der Waals surface area contributed by atoms with Gasteiger partial charge >= 0.3 is 0 Å². The third-order valence-corrected chi connectivity index (χ3v) is 5.80. The molecule has 9 heteroatoms. The van der Waals surface area contributed by atoms with Crippen LogP contribution in [-0.2, 0) is 14.8 Å². The smallest absolute Gasteiger partial charge is 0.264 e. The lowest BCUT2D eigenvalue weighted by Crippen LogP contribution is -2.45. The lowest BCUT2D eigenvalue weighted by molar-refractivity contribution is -0.118. The maximum atomic E-state index is 12.4. The maximum Gasteiger partial charge on any atom is 0.264 e. The van der Waals surface area contributed by atoms with Crippen LogP contribution < -0.4 is 9.62 Å². The van der Waals surface area contributed by atoms with Crippen LogP contribution in [0, 0.1) is 0 Å². The molecule has 25 heavy (non-hydrogen) atoms. The van der Waals surface area contributed by atoms with E-state index >= 15 is 0 Å². The maximum absolute atomic E-state index is 12.4. The summed E-state index contributed by atoms with van der Waals surface area (Å²) >= 11 is 5.95.